The molecule has 1 aliphatic heterocycles. The van der Waals surface area contributed by atoms with Crippen LogP contribution in [-0.2, 0) is 27.6 Å². The van der Waals surface area contributed by atoms with Gasteiger partial charge in [-0.3, -0.25) is 0 Å². The Kier molecular flexibility index (Phi) is 5.69. The molecular weight excluding hydrogens is 398 g/mol. The topological polar surface area (TPSA) is 78.4 Å². The molecule has 0 radical (unpaired) electrons. The van der Waals surface area contributed by atoms with Crippen LogP contribution in [0.5, 0.6) is 5.75 Å². The van der Waals surface area contributed by atoms with Crippen LogP contribution in [0.2, 0.25) is 0 Å². The van der Waals surface area contributed by atoms with Crippen molar-refractivity contribution in [3.63, 3.8) is 0 Å². The molecule has 30 heavy (non-hydrogen) atoms. The Morgan fingerprint density at radius 1 is 1.07 bits per heavy atom. The zero-order valence-corrected chi connectivity index (χ0v) is 18.2. The van der Waals surface area contributed by atoms with Crippen LogP contribution < -0.4 is 4.74 Å². The molecule has 6 nitrogen and oxygen atoms in total. The summed E-state index contributed by atoms with van der Waals surface area (Å²) in [4.78, 5) is 9.90. The predicted octanol–water partition coefficient (Wildman–Crippen LogP) is 4.24. The summed E-state index contributed by atoms with van der Waals surface area (Å²) in [6, 6.07) is 16.2. The second-order valence-corrected chi connectivity index (χ2v) is 9.58. The number of ether oxygens (including phenoxy) is 1. The van der Waals surface area contributed by atoms with Gasteiger partial charge in [-0.15, -0.1) is 4.31 Å². The van der Waals surface area contributed by atoms with E-state index >= 15 is 0 Å². The number of rotatable bonds is 5. The summed E-state index contributed by atoms with van der Waals surface area (Å²) in [5.74, 6) is 1.72. The number of fused-ring (bicyclic) bond motifs is 1. The maximum absolute atomic E-state index is 13.2. The Labute approximate surface area is 178 Å². The lowest BCUT2D eigenvalue weighted by Crippen LogP contribution is -2.40. The van der Waals surface area contributed by atoms with Crippen molar-refractivity contribution in [2.24, 2.45) is 0 Å². The molecule has 1 atom stereocenters. The maximum Gasteiger partial charge on any atom is 0.175 e. The Hall–Kier alpha value is -2.61. The van der Waals surface area contributed by atoms with Gasteiger partial charge in [-0.2, -0.15) is 0 Å². The molecule has 0 fully saturated rings. The molecule has 3 aromatic rings. The molecule has 0 aliphatic carbocycles. The minimum atomic E-state index is -3.58. The van der Waals surface area contributed by atoms with Crippen molar-refractivity contribution in [1.82, 2.24) is 14.3 Å². The summed E-state index contributed by atoms with van der Waals surface area (Å²) < 4.78 is 33.1. The maximum atomic E-state index is 13.2. The summed E-state index contributed by atoms with van der Waals surface area (Å²) in [5, 5.41) is 0. The molecule has 0 spiro atoms. The molecule has 1 aromatic heterocycles. The Morgan fingerprint density at radius 2 is 1.77 bits per heavy atom. The van der Waals surface area contributed by atoms with Crippen molar-refractivity contribution in [2.75, 3.05) is 13.7 Å². The van der Waals surface area contributed by atoms with Gasteiger partial charge in [-0.25, -0.2) is 9.97 Å². The van der Waals surface area contributed by atoms with Gasteiger partial charge in [0.25, 0.3) is 0 Å². The number of aromatic nitrogens is 2. The van der Waals surface area contributed by atoms with Crippen LogP contribution in [-0.4, -0.2) is 32.5 Å². The van der Waals surface area contributed by atoms with E-state index in [1.54, 1.807) is 31.4 Å². The minimum absolute atomic E-state index is 0.179. The summed E-state index contributed by atoms with van der Waals surface area (Å²) in [6.45, 7) is 4.79. The Bertz CT molecular complexity index is 1080. The zero-order chi connectivity index (χ0) is 21.3. The monoisotopic (exact) mass is 423 g/mol. The molecule has 4 rings (SSSR count). The number of methoxy groups -OCH3 is 1. The van der Waals surface area contributed by atoms with Crippen LogP contribution in [0.4, 0.5) is 0 Å². The smallest absolute Gasteiger partial charge is 0.175 e. The molecule has 0 bridgehead atoms. The first-order chi connectivity index (χ1) is 14.4. The van der Waals surface area contributed by atoms with E-state index in [1.807, 2.05) is 30.3 Å². The quantitative estimate of drug-likeness (QED) is 0.574. The first-order valence-electron chi connectivity index (χ1n) is 9.99. The van der Waals surface area contributed by atoms with E-state index in [0.29, 0.717) is 17.9 Å². The lowest BCUT2D eigenvalue weighted by atomic mass is 9.99. The van der Waals surface area contributed by atoms with Gasteiger partial charge in [0.2, 0.25) is 0 Å². The molecule has 0 amide bonds. The van der Waals surface area contributed by atoms with Gasteiger partial charge in [-0.05, 0) is 36.4 Å². The minimum Gasteiger partial charge on any atom is -0.593 e. The SMILES string of the molecule is COc1ccc(-c2nc(C(C)C)nc3c2CN([S+](=O)([O-])c2ccccc2)CC3)cc1. The summed E-state index contributed by atoms with van der Waals surface area (Å²) in [5.41, 5.74) is 3.52. The van der Waals surface area contributed by atoms with Crippen molar-refractivity contribution in [3.05, 3.63) is 71.7 Å². The van der Waals surface area contributed by atoms with Gasteiger partial charge >= 0.3 is 0 Å². The number of hydrogen-bond donors (Lipinski definition) is 0. The van der Waals surface area contributed by atoms with E-state index in [-0.39, 0.29) is 12.5 Å². The van der Waals surface area contributed by atoms with E-state index in [1.165, 1.54) is 4.31 Å². The van der Waals surface area contributed by atoms with Gasteiger partial charge < -0.3 is 9.29 Å². The molecule has 2 aromatic carbocycles. The molecule has 7 heteroatoms. The second kappa shape index (κ2) is 8.26. The number of hydrogen-bond acceptors (Lipinski definition) is 5. The lowest BCUT2D eigenvalue weighted by molar-refractivity contribution is 0.337. The Morgan fingerprint density at radius 3 is 2.40 bits per heavy atom. The van der Waals surface area contributed by atoms with Crippen molar-refractivity contribution < 1.29 is 13.5 Å². The summed E-state index contributed by atoms with van der Waals surface area (Å²) in [7, 11) is -1.95. The third-order valence-corrected chi connectivity index (χ3v) is 7.16. The fourth-order valence-electron chi connectivity index (χ4n) is 3.60. The van der Waals surface area contributed by atoms with E-state index < -0.39 is 10.4 Å². The van der Waals surface area contributed by atoms with Gasteiger partial charge in [0.15, 0.2) is 15.3 Å². The highest BCUT2D eigenvalue weighted by atomic mass is 32.3. The largest absolute Gasteiger partial charge is 0.593 e. The van der Waals surface area contributed by atoms with Crippen LogP contribution in [0.15, 0.2) is 59.5 Å². The number of benzene rings is 2. The third-order valence-electron chi connectivity index (χ3n) is 5.30. The molecular formula is C23H25N3O3S. The Balaban J connectivity index is 1.78. The van der Waals surface area contributed by atoms with Crippen LogP contribution in [0.3, 0.4) is 0 Å². The average molecular weight is 424 g/mol. The van der Waals surface area contributed by atoms with E-state index in [2.05, 4.69) is 13.8 Å². The van der Waals surface area contributed by atoms with E-state index in [4.69, 9.17) is 14.7 Å². The van der Waals surface area contributed by atoms with Crippen LogP contribution >= 0.6 is 0 Å². The van der Waals surface area contributed by atoms with Crippen molar-refractivity contribution in [2.45, 2.75) is 37.6 Å². The normalized spacial score (nSPS) is 16.2. The third kappa shape index (κ3) is 3.88. The fraction of sp³-hybridized carbons (Fsp3) is 0.304. The number of nitrogens with zero attached hydrogens (tertiary/aromatic N) is 3. The van der Waals surface area contributed by atoms with Crippen molar-refractivity contribution in [3.8, 4) is 17.0 Å². The van der Waals surface area contributed by atoms with Gasteiger partial charge in [0.05, 0.1) is 31.6 Å². The van der Waals surface area contributed by atoms with Gasteiger partial charge in [-0.1, -0.05) is 36.3 Å². The predicted molar refractivity (Wildman–Crippen MR) is 116 cm³/mol. The molecule has 0 saturated heterocycles. The summed E-state index contributed by atoms with van der Waals surface area (Å²) >= 11 is 0. The fourth-order valence-corrected chi connectivity index (χ4v) is 5.03. The standard InChI is InChI=1S/C23H25N3O3S/c1-16(2)23-24-21-13-14-26(30(27,28)19-7-5-4-6-8-19)15-20(21)22(25-23)17-9-11-18(29-3)12-10-17/h4-12,16H,13-15H2,1-3H3. The van der Waals surface area contributed by atoms with Crippen LogP contribution in [0, 0.1) is 0 Å². The average Bonchev–Trinajstić information content (AvgIpc) is 2.78. The molecule has 2 heterocycles. The van der Waals surface area contributed by atoms with E-state index in [9.17, 15) is 8.76 Å². The summed E-state index contributed by atoms with van der Waals surface area (Å²) in [6.07, 6.45) is 0.562. The highest BCUT2D eigenvalue weighted by molar-refractivity contribution is 7.95. The first-order valence-corrected chi connectivity index (χ1v) is 11.4. The zero-order valence-electron chi connectivity index (χ0n) is 17.4. The van der Waals surface area contributed by atoms with Gasteiger partial charge in [0, 0.05) is 23.5 Å². The molecule has 1 aliphatic rings. The lowest BCUT2D eigenvalue weighted by Gasteiger charge is -2.32. The van der Waals surface area contributed by atoms with Crippen molar-refractivity contribution >= 4 is 10.4 Å². The molecule has 0 saturated carbocycles. The number of sulfonamides is 1. The highest BCUT2D eigenvalue weighted by Crippen LogP contribution is 2.34. The van der Waals surface area contributed by atoms with E-state index in [0.717, 1.165) is 34.1 Å². The van der Waals surface area contributed by atoms with Gasteiger partial charge in [0.1, 0.15) is 11.6 Å². The van der Waals surface area contributed by atoms with Crippen LogP contribution in [0.25, 0.3) is 11.3 Å². The molecule has 156 valence electrons. The second-order valence-electron chi connectivity index (χ2n) is 7.64. The molecule has 0 N–H and O–H groups in total. The highest BCUT2D eigenvalue weighted by Gasteiger charge is 2.35. The van der Waals surface area contributed by atoms with Crippen LogP contribution in [0.1, 0.15) is 36.8 Å². The first kappa shape index (κ1) is 20.7. The van der Waals surface area contributed by atoms with Crippen molar-refractivity contribution in [1.29, 1.82) is 0 Å². The molecule has 1 unspecified atom stereocenters.